The highest BCUT2D eigenvalue weighted by molar-refractivity contribution is 6.28. The Morgan fingerprint density at radius 1 is 0.190 bits per heavy atom. The van der Waals surface area contributed by atoms with E-state index in [1.54, 1.807) is 0 Å². The molecule has 0 atom stereocenters. The van der Waals surface area contributed by atoms with Gasteiger partial charge in [-0.1, -0.05) is 176 Å². The van der Waals surface area contributed by atoms with Gasteiger partial charge in [-0.05, 0) is 80.8 Å². The average Bonchev–Trinajstić information content (AvgIpc) is 3.87. The summed E-state index contributed by atoms with van der Waals surface area (Å²) in [4.78, 5) is 0. The maximum atomic E-state index is 2.57. The minimum atomic E-state index is 1.10. The predicted octanol–water partition coefficient (Wildman–Crippen LogP) is 16.2. The molecule has 0 aliphatic rings. The lowest BCUT2D eigenvalue weighted by atomic mass is 10.00. The van der Waals surface area contributed by atoms with Crippen LogP contribution < -0.4 is 0 Å². The summed E-state index contributed by atoms with van der Waals surface area (Å²) in [5.74, 6) is 0. The van der Waals surface area contributed by atoms with Gasteiger partial charge >= 0.3 is 0 Å². The van der Waals surface area contributed by atoms with Crippen LogP contribution in [-0.2, 0) is 0 Å². The van der Waals surface area contributed by atoms with Crippen LogP contribution in [0.15, 0.2) is 224 Å². The maximum absolute atomic E-state index is 2.57. The fourth-order valence-electron chi connectivity index (χ4n) is 11.0. The molecule has 0 amide bonds. The fourth-order valence-corrected chi connectivity index (χ4v) is 11.0. The molecule has 63 heavy (non-hydrogen) atoms. The van der Waals surface area contributed by atoms with Gasteiger partial charge in [0.25, 0.3) is 0 Å². The van der Waals surface area contributed by atoms with E-state index in [2.05, 4.69) is 238 Å². The quantitative estimate of drug-likeness (QED) is 0.157. The minimum Gasteiger partial charge on any atom is -0.308 e. The molecule has 4 aromatic heterocycles. The molecule has 0 saturated carbocycles. The number of nitrogens with zero attached hydrogens (tertiary/aromatic N) is 3. The molecule has 0 radical (unpaired) electrons. The Bertz CT molecular complexity index is 4370. The van der Waals surface area contributed by atoms with Crippen molar-refractivity contribution in [1.29, 1.82) is 0 Å². The normalized spacial score (nSPS) is 12.1. The minimum absolute atomic E-state index is 1.10. The number of rotatable bonds is 1. The third-order valence-electron chi connectivity index (χ3n) is 13.6. The van der Waals surface area contributed by atoms with Crippen molar-refractivity contribution >= 4 is 120 Å². The zero-order valence-corrected chi connectivity index (χ0v) is 34.2. The number of hydrogen-bond acceptors (Lipinski definition) is 0. The smallest absolute Gasteiger partial charge is 0.0703 e. The van der Waals surface area contributed by atoms with Crippen LogP contribution in [0, 0.1) is 0 Å². The van der Waals surface area contributed by atoms with Gasteiger partial charge in [0, 0.05) is 48.8 Å². The molecule has 3 nitrogen and oxygen atoms in total. The van der Waals surface area contributed by atoms with Gasteiger partial charge < -0.3 is 13.4 Å². The van der Waals surface area contributed by atoms with Crippen molar-refractivity contribution in [3.05, 3.63) is 224 Å². The van der Waals surface area contributed by atoms with Crippen LogP contribution in [0.1, 0.15) is 0 Å². The van der Waals surface area contributed by atoms with E-state index in [4.69, 9.17) is 0 Å². The molecule has 0 aliphatic carbocycles. The summed E-state index contributed by atoms with van der Waals surface area (Å²) in [5.41, 5.74) is 10.4. The van der Waals surface area contributed by atoms with Gasteiger partial charge in [0.1, 0.15) is 0 Å². The molecule has 14 rings (SSSR count). The molecular weight excluding hydrogens is 763 g/mol. The zero-order chi connectivity index (χ0) is 41.2. The van der Waals surface area contributed by atoms with Crippen molar-refractivity contribution in [3.8, 4) is 5.69 Å². The Kier molecular flexibility index (Phi) is 7.11. The fraction of sp³-hybridized carbons (Fsp3) is 0. The summed E-state index contributed by atoms with van der Waals surface area (Å²) < 4.78 is 7.58. The van der Waals surface area contributed by atoms with E-state index >= 15 is 0 Å². The highest BCUT2D eigenvalue weighted by Crippen LogP contribution is 2.43. The predicted molar refractivity (Wildman–Crippen MR) is 269 cm³/mol. The van der Waals surface area contributed by atoms with E-state index in [1.165, 1.54) is 97.5 Å². The first-order valence-electron chi connectivity index (χ1n) is 21.8. The summed E-state index contributed by atoms with van der Waals surface area (Å²) in [7, 11) is 0. The first-order valence-corrected chi connectivity index (χ1v) is 21.8. The topological polar surface area (TPSA) is 13.8 Å². The summed E-state index contributed by atoms with van der Waals surface area (Å²) in [6.45, 7) is 0. The monoisotopic (exact) mass is 799 g/mol. The van der Waals surface area contributed by atoms with Crippen LogP contribution in [0.5, 0.6) is 0 Å². The van der Waals surface area contributed by atoms with Crippen molar-refractivity contribution in [2.24, 2.45) is 0 Å². The van der Waals surface area contributed by atoms with Gasteiger partial charge in [0.15, 0.2) is 0 Å². The van der Waals surface area contributed by atoms with Crippen LogP contribution in [-0.4, -0.2) is 13.4 Å². The molecule has 0 spiro atoms. The van der Waals surface area contributed by atoms with Crippen molar-refractivity contribution in [3.63, 3.8) is 0 Å². The molecule has 0 bridgehead atoms. The Morgan fingerprint density at radius 3 is 1.06 bits per heavy atom. The molecule has 10 aromatic carbocycles. The SMILES string of the molecule is c1ccc(-n2c3ccccc3c3ccccc3c3cccc4c5cc6c(cc5n(c5ccccc52)c34)c2ccccc2c2ccccc2c2cccc3c4ccccc4n6c23)cc1. The maximum Gasteiger partial charge on any atom is 0.0703 e. The third-order valence-corrected chi connectivity index (χ3v) is 13.6. The molecule has 0 aliphatic heterocycles. The van der Waals surface area contributed by atoms with Crippen molar-refractivity contribution in [1.82, 2.24) is 13.4 Å². The average molecular weight is 800 g/mol. The van der Waals surface area contributed by atoms with Gasteiger partial charge in [-0.25, -0.2) is 0 Å². The Hall–Kier alpha value is -8.40. The number of benzene rings is 10. The van der Waals surface area contributed by atoms with E-state index in [9.17, 15) is 0 Å². The standard InChI is InChI=1S/C60H37N3/c1-2-18-38(19-3-1)61-53-32-12-10-26-45(53)41-22-6-8-24-43(41)48-29-17-31-50-52-37-57-51(36-58(52)63(60(48)50)56-35-15-14-34-55(56)61)44-25-9-5-21-40(44)39-20-4-7-23-42(39)47-28-16-30-49-46-27-11-13-33-54(46)62(57)59(47)49/h1-37H. The lowest BCUT2D eigenvalue weighted by Gasteiger charge is -2.16. The molecule has 0 fully saturated rings. The molecular formula is C60H37N3. The van der Waals surface area contributed by atoms with E-state index in [1.807, 2.05) is 0 Å². The zero-order valence-electron chi connectivity index (χ0n) is 34.2. The summed E-state index contributed by atoms with van der Waals surface area (Å²) in [6.07, 6.45) is 0. The first-order chi connectivity index (χ1) is 31.3. The molecule has 4 heterocycles. The Balaban J connectivity index is 1.36. The van der Waals surface area contributed by atoms with Gasteiger partial charge in [0.2, 0.25) is 0 Å². The van der Waals surface area contributed by atoms with Gasteiger partial charge in [-0.15, -0.1) is 0 Å². The van der Waals surface area contributed by atoms with E-state index < -0.39 is 0 Å². The second kappa shape index (κ2) is 13.1. The number of para-hydroxylation sites is 7. The van der Waals surface area contributed by atoms with Gasteiger partial charge in [-0.3, -0.25) is 0 Å². The number of hydrogen-bond donors (Lipinski definition) is 0. The Morgan fingerprint density at radius 2 is 0.508 bits per heavy atom. The molecule has 3 heteroatoms. The van der Waals surface area contributed by atoms with Crippen LogP contribution in [0.25, 0.3) is 125 Å². The number of aromatic nitrogens is 3. The van der Waals surface area contributed by atoms with E-state index in [0.29, 0.717) is 0 Å². The van der Waals surface area contributed by atoms with Crippen LogP contribution in [0.2, 0.25) is 0 Å². The largest absolute Gasteiger partial charge is 0.308 e. The van der Waals surface area contributed by atoms with Crippen molar-refractivity contribution < 1.29 is 0 Å². The van der Waals surface area contributed by atoms with E-state index in [-0.39, 0.29) is 0 Å². The highest BCUT2D eigenvalue weighted by atomic mass is 15.0. The van der Waals surface area contributed by atoms with Gasteiger partial charge in [-0.2, -0.15) is 0 Å². The summed E-state index contributed by atoms with van der Waals surface area (Å²) >= 11 is 0. The van der Waals surface area contributed by atoms with E-state index in [0.717, 1.165) is 27.8 Å². The third kappa shape index (κ3) is 4.74. The summed E-state index contributed by atoms with van der Waals surface area (Å²) in [5, 5.41) is 17.0. The van der Waals surface area contributed by atoms with Crippen LogP contribution >= 0.6 is 0 Å². The van der Waals surface area contributed by atoms with Gasteiger partial charge in [0.05, 0.1) is 44.1 Å². The molecule has 0 unspecified atom stereocenters. The van der Waals surface area contributed by atoms with Crippen LogP contribution in [0.4, 0.5) is 0 Å². The first kappa shape index (κ1) is 34.3. The van der Waals surface area contributed by atoms with Crippen molar-refractivity contribution in [2.45, 2.75) is 0 Å². The van der Waals surface area contributed by atoms with Crippen molar-refractivity contribution in [2.75, 3.05) is 0 Å². The molecule has 14 aromatic rings. The second-order valence-electron chi connectivity index (χ2n) is 16.8. The Labute approximate surface area is 361 Å². The molecule has 0 N–H and O–H groups in total. The second-order valence-corrected chi connectivity index (χ2v) is 16.8. The highest BCUT2D eigenvalue weighted by Gasteiger charge is 2.20. The number of fused-ring (bicyclic) bond motifs is 19. The summed E-state index contributed by atoms with van der Waals surface area (Å²) in [6, 6.07) is 83.3. The molecule has 0 saturated heterocycles. The molecule has 292 valence electrons. The van der Waals surface area contributed by atoms with Crippen LogP contribution in [0.3, 0.4) is 0 Å². The lowest BCUT2D eigenvalue weighted by molar-refractivity contribution is 1.16. The lowest BCUT2D eigenvalue weighted by Crippen LogP contribution is -2.00.